The topological polar surface area (TPSA) is 38.0 Å². The van der Waals surface area contributed by atoms with Gasteiger partial charge in [0.1, 0.15) is 0 Å². The number of thiophene rings is 1. The van der Waals surface area contributed by atoms with Crippen molar-refractivity contribution in [2.24, 2.45) is 5.84 Å². The van der Waals surface area contributed by atoms with Crippen LogP contribution in [0.5, 0.6) is 0 Å². The summed E-state index contributed by atoms with van der Waals surface area (Å²) in [6.45, 7) is 2.00. The summed E-state index contributed by atoms with van der Waals surface area (Å²) in [4.78, 5) is 1.15. The van der Waals surface area contributed by atoms with E-state index in [9.17, 15) is 0 Å². The first-order valence-corrected chi connectivity index (χ1v) is 7.14. The lowest BCUT2D eigenvalue weighted by molar-refractivity contribution is 0.641. The van der Waals surface area contributed by atoms with Gasteiger partial charge in [0.15, 0.2) is 0 Å². The number of hydrogen-bond acceptors (Lipinski definition) is 3. The quantitative estimate of drug-likeness (QED) is 0.658. The number of nitrogens with one attached hydrogen (secondary N) is 1. The normalized spacial score (nSPS) is 12.7. The second kappa shape index (κ2) is 5.50. The molecule has 1 unspecified atom stereocenters. The van der Waals surface area contributed by atoms with Gasteiger partial charge in [-0.15, -0.1) is 11.3 Å². The molecule has 0 fully saturated rings. The Morgan fingerprint density at radius 3 is 2.76 bits per heavy atom. The minimum absolute atomic E-state index is 0.0388. The fourth-order valence-electron chi connectivity index (χ4n) is 1.76. The van der Waals surface area contributed by atoms with Crippen LogP contribution in [0.1, 0.15) is 22.0 Å². The molecule has 0 aliphatic heterocycles. The maximum atomic E-state index is 6.14. The number of hydrogen-bond donors (Lipinski definition) is 2. The summed E-state index contributed by atoms with van der Waals surface area (Å²) in [6.07, 6.45) is 0. The highest BCUT2D eigenvalue weighted by Crippen LogP contribution is 2.35. The molecule has 0 aliphatic carbocycles. The van der Waals surface area contributed by atoms with E-state index in [1.807, 2.05) is 36.6 Å². The minimum atomic E-state index is -0.0388. The summed E-state index contributed by atoms with van der Waals surface area (Å²) in [6, 6.07) is 7.85. The highest BCUT2D eigenvalue weighted by molar-refractivity contribution is 9.10. The van der Waals surface area contributed by atoms with E-state index in [0.717, 1.165) is 25.5 Å². The Morgan fingerprint density at radius 1 is 1.41 bits per heavy atom. The van der Waals surface area contributed by atoms with E-state index in [2.05, 4.69) is 21.4 Å². The van der Waals surface area contributed by atoms with E-state index >= 15 is 0 Å². The zero-order valence-corrected chi connectivity index (χ0v) is 12.4. The van der Waals surface area contributed by atoms with Crippen LogP contribution in [0.15, 0.2) is 34.1 Å². The summed E-state index contributed by atoms with van der Waals surface area (Å²) >= 11 is 11.3. The van der Waals surface area contributed by atoms with Crippen LogP contribution in [0.25, 0.3) is 0 Å². The van der Waals surface area contributed by atoms with E-state index in [1.165, 1.54) is 0 Å². The van der Waals surface area contributed by atoms with Gasteiger partial charge in [-0.25, -0.2) is 5.43 Å². The number of nitrogens with two attached hydrogens (primary N) is 1. The van der Waals surface area contributed by atoms with E-state index < -0.39 is 0 Å². The van der Waals surface area contributed by atoms with Gasteiger partial charge in [-0.3, -0.25) is 5.84 Å². The Bertz CT molecular complexity index is 527. The van der Waals surface area contributed by atoms with Gasteiger partial charge in [-0.05, 0) is 51.5 Å². The molecule has 90 valence electrons. The summed E-state index contributed by atoms with van der Waals surface area (Å²) in [7, 11) is 0. The largest absolute Gasteiger partial charge is 0.271 e. The van der Waals surface area contributed by atoms with Gasteiger partial charge in [0, 0.05) is 14.4 Å². The van der Waals surface area contributed by atoms with Crippen molar-refractivity contribution < 1.29 is 0 Å². The molecule has 1 atom stereocenters. The Morgan fingerprint density at radius 2 is 2.18 bits per heavy atom. The zero-order chi connectivity index (χ0) is 12.4. The van der Waals surface area contributed by atoms with Crippen LogP contribution in [-0.4, -0.2) is 0 Å². The van der Waals surface area contributed by atoms with Crippen molar-refractivity contribution in [3.63, 3.8) is 0 Å². The number of halogens is 2. The lowest BCUT2D eigenvalue weighted by Crippen LogP contribution is -2.29. The molecule has 17 heavy (non-hydrogen) atoms. The van der Waals surface area contributed by atoms with Crippen molar-refractivity contribution in [2.45, 2.75) is 13.0 Å². The van der Waals surface area contributed by atoms with Crippen LogP contribution >= 0.6 is 38.9 Å². The molecule has 1 aromatic heterocycles. The fraction of sp³-hybridized carbons (Fsp3) is 0.167. The van der Waals surface area contributed by atoms with Crippen molar-refractivity contribution >= 4 is 38.9 Å². The molecular weight excluding hydrogens is 320 g/mol. The second-order valence-corrected chi connectivity index (χ2v) is 5.90. The zero-order valence-electron chi connectivity index (χ0n) is 9.21. The maximum absolute atomic E-state index is 6.14. The maximum Gasteiger partial charge on any atom is 0.0816 e. The first-order valence-electron chi connectivity index (χ1n) is 5.09. The van der Waals surface area contributed by atoms with E-state index in [1.54, 1.807) is 11.3 Å². The van der Waals surface area contributed by atoms with E-state index in [4.69, 9.17) is 17.4 Å². The molecule has 0 saturated heterocycles. The third-order valence-corrected chi connectivity index (χ3v) is 5.04. The molecule has 0 amide bonds. The molecule has 2 rings (SSSR count). The lowest BCUT2D eigenvalue weighted by Gasteiger charge is -2.18. The van der Waals surface area contributed by atoms with Crippen molar-refractivity contribution in [1.29, 1.82) is 0 Å². The molecule has 5 heteroatoms. The SMILES string of the molecule is Cc1c(Cl)cccc1C(NN)c1sccc1Br. The minimum Gasteiger partial charge on any atom is -0.271 e. The van der Waals surface area contributed by atoms with Gasteiger partial charge in [-0.1, -0.05) is 23.7 Å². The highest BCUT2D eigenvalue weighted by atomic mass is 79.9. The number of rotatable bonds is 3. The van der Waals surface area contributed by atoms with Gasteiger partial charge in [0.25, 0.3) is 0 Å². The molecule has 1 heterocycles. The molecule has 0 saturated carbocycles. The van der Waals surface area contributed by atoms with Gasteiger partial charge in [-0.2, -0.15) is 0 Å². The molecular formula is C12H12BrClN2S. The van der Waals surface area contributed by atoms with Crippen LogP contribution < -0.4 is 11.3 Å². The predicted octanol–water partition coefficient (Wildman–Crippen LogP) is 4.03. The first-order chi connectivity index (χ1) is 8.15. The number of benzene rings is 1. The molecule has 0 bridgehead atoms. The Kier molecular flexibility index (Phi) is 4.22. The summed E-state index contributed by atoms with van der Waals surface area (Å²) in [5.41, 5.74) is 5.00. The van der Waals surface area contributed by atoms with E-state index in [-0.39, 0.29) is 6.04 Å². The molecule has 2 nitrogen and oxygen atoms in total. The van der Waals surface area contributed by atoms with Crippen molar-refractivity contribution in [3.05, 3.63) is 55.1 Å². The van der Waals surface area contributed by atoms with Gasteiger partial charge in [0.05, 0.1) is 6.04 Å². The summed E-state index contributed by atoms with van der Waals surface area (Å²) in [5, 5.41) is 2.79. The molecule has 0 radical (unpaired) electrons. The summed E-state index contributed by atoms with van der Waals surface area (Å²) in [5.74, 6) is 5.68. The Labute approximate surface area is 118 Å². The first kappa shape index (κ1) is 13.1. The van der Waals surface area contributed by atoms with Gasteiger partial charge >= 0.3 is 0 Å². The van der Waals surface area contributed by atoms with Crippen molar-refractivity contribution in [1.82, 2.24) is 5.43 Å². The number of hydrazine groups is 1. The van der Waals surface area contributed by atoms with Crippen LogP contribution in [0, 0.1) is 6.92 Å². The summed E-state index contributed by atoms with van der Waals surface area (Å²) < 4.78 is 1.06. The van der Waals surface area contributed by atoms with Crippen molar-refractivity contribution in [2.75, 3.05) is 0 Å². The Hall–Kier alpha value is -0.390. The van der Waals surface area contributed by atoms with Gasteiger partial charge in [0.2, 0.25) is 0 Å². The fourth-order valence-corrected chi connectivity index (χ4v) is 3.62. The van der Waals surface area contributed by atoms with Crippen LogP contribution in [0.2, 0.25) is 5.02 Å². The lowest BCUT2D eigenvalue weighted by atomic mass is 10.0. The average molecular weight is 332 g/mol. The van der Waals surface area contributed by atoms with Gasteiger partial charge < -0.3 is 0 Å². The van der Waals surface area contributed by atoms with Crippen LogP contribution in [0.4, 0.5) is 0 Å². The second-order valence-electron chi connectivity index (χ2n) is 3.69. The van der Waals surface area contributed by atoms with Crippen LogP contribution in [-0.2, 0) is 0 Å². The standard InChI is InChI=1S/C12H12BrClN2S/c1-7-8(3-2-4-10(7)14)11(16-15)12-9(13)5-6-17-12/h2-6,11,16H,15H2,1H3. The van der Waals surface area contributed by atoms with Crippen LogP contribution in [0.3, 0.4) is 0 Å². The highest BCUT2D eigenvalue weighted by Gasteiger charge is 2.19. The third kappa shape index (κ3) is 2.56. The monoisotopic (exact) mass is 330 g/mol. The average Bonchev–Trinajstić information content (AvgIpc) is 2.72. The van der Waals surface area contributed by atoms with Crippen molar-refractivity contribution in [3.8, 4) is 0 Å². The molecule has 2 aromatic rings. The molecule has 1 aromatic carbocycles. The predicted molar refractivity (Wildman–Crippen MR) is 77.4 cm³/mol. The smallest absolute Gasteiger partial charge is 0.0816 e. The molecule has 0 aliphatic rings. The molecule has 3 N–H and O–H groups in total. The molecule has 0 spiro atoms. The Balaban J connectivity index is 2.50. The third-order valence-electron chi connectivity index (χ3n) is 2.69. The van der Waals surface area contributed by atoms with E-state index in [0.29, 0.717) is 0 Å².